The zero-order valence-electron chi connectivity index (χ0n) is 9.81. The molecule has 0 aromatic heterocycles. The van der Waals surface area contributed by atoms with Gasteiger partial charge in [-0.1, -0.05) is 6.42 Å². The van der Waals surface area contributed by atoms with E-state index in [1.165, 1.54) is 24.6 Å². The normalized spacial score (nSPS) is 17.2. The van der Waals surface area contributed by atoms with Crippen molar-refractivity contribution in [3.8, 4) is 11.5 Å². The minimum Gasteiger partial charge on any atom is -0.508 e. The monoisotopic (exact) mass is 235 g/mol. The Labute approximate surface area is 100 Å². The molecule has 92 valence electrons. The van der Waals surface area contributed by atoms with Gasteiger partial charge in [0.15, 0.2) is 0 Å². The number of rotatable bonds is 3. The lowest BCUT2D eigenvalue weighted by Gasteiger charge is -2.31. The highest BCUT2D eigenvalue weighted by Gasteiger charge is 2.25. The Balaban J connectivity index is 2.03. The SMILES string of the molecule is CC(NC(=O)c1ccc(O)cc1O)C1CCC1. The van der Waals surface area contributed by atoms with Gasteiger partial charge in [-0.2, -0.15) is 0 Å². The van der Waals surface area contributed by atoms with E-state index in [9.17, 15) is 9.90 Å². The number of hydrogen-bond acceptors (Lipinski definition) is 3. The Hall–Kier alpha value is -1.71. The van der Waals surface area contributed by atoms with Gasteiger partial charge in [-0.05, 0) is 37.8 Å². The maximum Gasteiger partial charge on any atom is 0.255 e. The number of carbonyl (C=O) groups is 1. The molecule has 4 heteroatoms. The van der Waals surface area contributed by atoms with Crippen LogP contribution in [0, 0.1) is 5.92 Å². The second-order valence-electron chi connectivity index (χ2n) is 4.65. The molecule has 1 aromatic carbocycles. The summed E-state index contributed by atoms with van der Waals surface area (Å²) >= 11 is 0. The summed E-state index contributed by atoms with van der Waals surface area (Å²) in [5.74, 6) is 0.0227. The molecule has 3 N–H and O–H groups in total. The fourth-order valence-electron chi connectivity index (χ4n) is 2.05. The Morgan fingerprint density at radius 1 is 1.41 bits per heavy atom. The molecule has 1 aliphatic carbocycles. The van der Waals surface area contributed by atoms with Crippen LogP contribution in [0.4, 0.5) is 0 Å². The molecule has 0 heterocycles. The van der Waals surface area contributed by atoms with Gasteiger partial charge in [0.1, 0.15) is 11.5 Å². The maximum atomic E-state index is 11.9. The van der Waals surface area contributed by atoms with Crippen LogP contribution in [0.1, 0.15) is 36.5 Å². The number of nitrogens with one attached hydrogen (secondary N) is 1. The number of benzene rings is 1. The van der Waals surface area contributed by atoms with Crippen LogP contribution in [-0.2, 0) is 0 Å². The first-order chi connectivity index (χ1) is 8.08. The number of hydrogen-bond donors (Lipinski definition) is 3. The number of carbonyl (C=O) groups excluding carboxylic acids is 1. The molecule has 1 unspecified atom stereocenters. The van der Waals surface area contributed by atoms with Crippen molar-refractivity contribution in [3.63, 3.8) is 0 Å². The molecule has 4 nitrogen and oxygen atoms in total. The summed E-state index contributed by atoms with van der Waals surface area (Å²) in [6.45, 7) is 1.99. The van der Waals surface area contributed by atoms with E-state index in [-0.39, 0.29) is 29.0 Å². The van der Waals surface area contributed by atoms with Crippen molar-refractivity contribution in [3.05, 3.63) is 23.8 Å². The molecular weight excluding hydrogens is 218 g/mol. The average Bonchev–Trinajstić information content (AvgIpc) is 2.13. The molecular formula is C13H17NO3. The summed E-state index contributed by atoms with van der Waals surface area (Å²) in [4.78, 5) is 11.9. The van der Waals surface area contributed by atoms with Crippen molar-refractivity contribution in [1.29, 1.82) is 0 Å². The fraction of sp³-hybridized carbons (Fsp3) is 0.462. The van der Waals surface area contributed by atoms with Gasteiger partial charge in [0.25, 0.3) is 5.91 Å². The molecule has 0 bridgehead atoms. The Morgan fingerprint density at radius 2 is 2.12 bits per heavy atom. The minimum absolute atomic E-state index is 0.0499. The van der Waals surface area contributed by atoms with Gasteiger partial charge >= 0.3 is 0 Å². The lowest BCUT2D eigenvalue weighted by molar-refractivity contribution is 0.0906. The summed E-state index contributed by atoms with van der Waals surface area (Å²) in [6.07, 6.45) is 3.54. The lowest BCUT2D eigenvalue weighted by atomic mass is 9.80. The maximum absolute atomic E-state index is 11.9. The molecule has 1 fully saturated rings. The second kappa shape index (κ2) is 4.65. The molecule has 0 saturated heterocycles. The molecule has 0 aliphatic heterocycles. The van der Waals surface area contributed by atoms with Gasteiger partial charge in [0.05, 0.1) is 5.56 Å². The van der Waals surface area contributed by atoms with Crippen molar-refractivity contribution in [1.82, 2.24) is 5.32 Å². The van der Waals surface area contributed by atoms with Crippen LogP contribution in [0.5, 0.6) is 11.5 Å². The minimum atomic E-state index is -0.290. The van der Waals surface area contributed by atoms with Crippen LogP contribution < -0.4 is 5.32 Å². The van der Waals surface area contributed by atoms with Gasteiger partial charge < -0.3 is 15.5 Å². The van der Waals surface area contributed by atoms with Gasteiger partial charge in [-0.3, -0.25) is 4.79 Å². The van der Waals surface area contributed by atoms with Crippen molar-refractivity contribution < 1.29 is 15.0 Å². The number of aromatic hydroxyl groups is 2. The summed E-state index contributed by atoms with van der Waals surface area (Å²) in [5.41, 5.74) is 0.203. The van der Waals surface area contributed by atoms with Crippen LogP contribution in [0.25, 0.3) is 0 Å². The van der Waals surface area contributed by atoms with E-state index in [4.69, 9.17) is 5.11 Å². The predicted molar refractivity (Wildman–Crippen MR) is 64.0 cm³/mol. The first-order valence-corrected chi connectivity index (χ1v) is 5.91. The zero-order valence-corrected chi connectivity index (χ0v) is 9.81. The standard InChI is InChI=1S/C13H17NO3/c1-8(9-3-2-4-9)14-13(17)11-6-5-10(15)7-12(11)16/h5-9,15-16H,2-4H2,1H3,(H,14,17). The number of amides is 1. The second-order valence-corrected chi connectivity index (χ2v) is 4.65. The highest BCUT2D eigenvalue weighted by Crippen LogP contribution is 2.30. The smallest absolute Gasteiger partial charge is 0.255 e. The summed E-state index contributed by atoms with van der Waals surface area (Å²) in [7, 11) is 0. The Kier molecular flexibility index (Phi) is 3.22. The molecule has 1 aliphatic rings. The molecule has 1 saturated carbocycles. The molecule has 0 spiro atoms. The number of phenols is 2. The first-order valence-electron chi connectivity index (χ1n) is 5.91. The van der Waals surface area contributed by atoms with Crippen LogP contribution in [0.2, 0.25) is 0 Å². The van der Waals surface area contributed by atoms with E-state index in [0.717, 1.165) is 12.8 Å². The first kappa shape index (κ1) is 11.8. The van der Waals surface area contributed by atoms with Gasteiger partial charge in [0.2, 0.25) is 0 Å². The predicted octanol–water partition coefficient (Wildman–Crippen LogP) is 2.02. The molecule has 1 amide bonds. The van der Waals surface area contributed by atoms with Crippen molar-refractivity contribution in [2.45, 2.75) is 32.2 Å². The third-order valence-corrected chi connectivity index (χ3v) is 3.44. The largest absolute Gasteiger partial charge is 0.508 e. The Bertz CT molecular complexity index is 427. The van der Waals surface area contributed by atoms with E-state index in [1.54, 1.807) is 0 Å². The molecule has 2 rings (SSSR count). The lowest BCUT2D eigenvalue weighted by Crippen LogP contribution is -2.40. The average molecular weight is 235 g/mol. The van der Waals surface area contributed by atoms with Crippen LogP contribution in [0.3, 0.4) is 0 Å². The highest BCUT2D eigenvalue weighted by atomic mass is 16.3. The van der Waals surface area contributed by atoms with Gasteiger partial charge in [-0.25, -0.2) is 0 Å². The Morgan fingerprint density at radius 3 is 2.65 bits per heavy atom. The van der Waals surface area contributed by atoms with E-state index < -0.39 is 0 Å². The molecule has 1 aromatic rings. The number of phenolic OH excluding ortho intramolecular Hbond substituents is 2. The van der Waals surface area contributed by atoms with E-state index in [0.29, 0.717) is 5.92 Å². The third-order valence-electron chi connectivity index (χ3n) is 3.44. The van der Waals surface area contributed by atoms with Gasteiger partial charge in [-0.15, -0.1) is 0 Å². The van der Waals surface area contributed by atoms with E-state index in [1.807, 2.05) is 6.92 Å². The molecule has 17 heavy (non-hydrogen) atoms. The third kappa shape index (κ3) is 2.52. The summed E-state index contributed by atoms with van der Waals surface area (Å²) in [5, 5.41) is 21.6. The van der Waals surface area contributed by atoms with Crippen molar-refractivity contribution >= 4 is 5.91 Å². The summed E-state index contributed by atoms with van der Waals surface area (Å²) in [6, 6.07) is 4.11. The van der Waals surface area contributed by atoms with Crippen molar-refractivity contribution in [2.24, 2.45) is 5.92 Å². The van der Waals surface area contributed by atoms with Crippen LogP contribution in [-0.4, -0.2) is 22.2 Å². The topological polar surface area (TPSA) is 69.6 Å². The van der Waals surface area contributed by atoms with Gasteiger partial charge in [0, 0.05) is 12.1 Å². The van der Waals surface area contributed by atoms with Crippen LogP contribution >= 0.6 is 0 Å². The van der Waals surface area contributed by atoms with E-state index in [2.05, 4.69) is 5.32 Å². The quantitative estimate of drug-likeness (QED) is 0.750. The van der Waals surface area contributed by atoms with Crippen LogP contribution in [0.15, 0.2) is 18.2 Å². The highest BCUT2D eigenvalue weighted by molar-refractivity contribution is 5.97. The zero-order chi connectivity index (χ0) is 12.4. The van der Waals surface area contributed by atoms with E-state index >= 15 is 0 Å². The fourth-order valence-corrected chi connectivity index (χ4v) is 2.05. The molecule has 0 radical (unpaired) electrons. The molecule has 1 atom stereocenters. The van der Waals surface area contributed by atoms with Crippen molar-refractivity contribution in [2.75, 3.05) is 0 Å². The summed E-state index contributed by atoms with van der Waals surface area (Å²) < 4.78 is 0.